The molecule has 2 heterocycles. The minimum Gasteiger partial charge on any atom is -0.477 e. The second-order valence-corrected chi connectivity index (χ2v) is 4.49. The number of rotatable bonds is 3. The zero-order chi connectivity index (χ0) is 12.6. The van der Waals surface area contributed by atoms with Crippen molar-refractivity contribution in [1.82, 2.24) is 9.55 Å². The van der Waals surface area contributed by atoms with Gasteiger partial charge in [0.1, 0.15) is 15.7 Å². The zero-order valence-corrected chi connectivity index (χ0v) is 9.84. The van der Waals surface area contributed by atoms with E-state index in [4.69, 9.17) is 5.11 Å². The average Bonchev–Trinajstić information content (AvgIpc) is 2.57. The first-order valence-corrected chi connectivity index (χ1v) is 5.86. The summed E-state index contributed by atoms with van der Waals surface area (Å²) >= 11 is 0.777. The van der Waals surface area contributed by atoms with Crippen LogP contribution in [0.25, 0.3) is 0 Å². The number of aromatic amines is 1. The summed E-state index contributed by atoms with van der Waals surface area (Å²) in [7, 11) is 0. The van der Waals surface area contributed by atoms with Gasteiger partial charge in [-0.25, -0.2) is 4.79 Å². The number of aromatic carboxylic acids is 1. The van der Waals surface area contributed by atoms with Crippen LogP contribution in [0.15, 0.2) is 15.8 Å². The van der Waals surface area contributed by atoms with Crippen LogP contribution < -0.4 is 10.2 Å². The van der Waals surface area contributed by atoms with Crippen LogP contribution >= 0.6 is 11.3 Å². The van der Waals surface area contributed by atoms with Crippen LogP contribution in [0, 0.1) is 10.0 Å². The molecular formula is C10H10N2O4S. The number of aromatic nitrogens is 2. The van der Waals surface area contributed by atoms with Crippen molar-refractivity contribution in [2.75, 3.05) is 0 Å². The van der Waals surface area contributed by atoms with Gasteiger partial charge in [0.15, 0.2) is 0 Å². The van der Waals surface area contributed by atoms with E-state index in [0.717, 1.165) is 11.3 Å². The van der Waals surface area contributed by atoms with E-state index in [0.29, 0.717) is 17.6 Å². The summed E-state index contributed by atoms with van der Waals surface area (Å²) in [6.07, 6.45) is 1.96. The second-order valence-electron chi connectivity index (χ2n) is 3.53. The van der Waals surface area contributed by atoms with Crippen LogP contribution in [0.2, 0.25) is 0 Å². The Morgan fingerprint density at radius 1 is 1.53 bits per heavy atom. The van der Waals surface area contributed by atoms with Crippen LogP contribution in [0.1, 0.15) is 23.8 Å². The van der Waals surface area contributed by atoms with E-state index in [9.17, 15) is 14.4 Å². The first-order chi connectivity index (χ1) is 8.06. The van der Waals surface area contributed by atoms with Crippen LogP contribution in [0.4, 0.5) is 0 Å². The van der Waals surface area contributed by atoms with Crippen molar-refractivity contribution in [2.45, 2.75) is 19.9 Å². The molecule has 0 fully saturated rings. The number of carboxylic acids is 1. The second kappa shape index (κ2) is 4.17. The molecule has 2 rings (SSSR count). The fourth-order valence-electron chi connectivity index (χ4n) is 1.65. The lowest BCUT2D eigenvalue weighted by Crippen LogP contribution is -2.18. The minimum atomic E-state index is -1.09. The quantitative estimate of drug-likeness (QED) is 0.777. The Hall–Kier alpha value is -1.89. The van der Waals surface area contributed by atoms with Gasteiger partial charge < -0.3 is 14.7 Å². The van der Waals surface area contributed by atoms with Gasteiger partial charge in [-0.05, 0) is 6.42 Å². The Kier molecular flexibility index (Phi) is 2.84. The van der Waals surface area contributed by atoms with Crippen molar-refractivity contribution in [3.63, 3.8) is 0 Å². The summed E-state index contributed by atoms with van der Waals surface area (Å²) in [5.41, 5.74) is -0.563. The Bertz CT molecular complexity index is 739. The topological polar surface area (TPSA) is 92.2 Å². The molecule has 6 nitrogen and oxygen atoms in total. The number of nitrogens with zero attached hydrogens (tertiary/aromatic N) is 1. The highest BCUT2D eigenvalue weighted by Gasteiger charge is 2.13. The van der Waals surface area contributed by atoms with E-state index in [1.807, 2.05) is 6.92 Å². The summed E-state index contributed by atoms with van der Waals surface area (Å²) in [6.45, 7) is 2.34. The van der Waals surface area contributed by atoms with Gasteiger partial charge in [-0.3, -0.25) is 9.59 Å². The molecule has 0 saturated carbocycles. The molecule has 90 valence electrons. The lowest BCUT2D eigenvalue weighted by molar-refractivity contribution is 0.0683. The lowest BCUT2D eigenvalue weighted by atomic mass is 10.4. The number of H-pyrrole nitrogens is 1. The third-order valence-electron chi connectivity index (χ3n) is 2.37. The van der Waals surface area contributed by atoms with E-state index in [2.05, 4.69) is 4.98 Å². The fraction of sp³-hybridized carbons (Fsp3) is 0.300. The monoisotopic (exact) mass is 254 g/mol. The molecule has 17 heavy (non-hydrogen) atoms. The number of hydrogen-bond donors (Lipinski definition) is 2. The molecule has 7 heteroatoms. The highest BCUT2D eigenvalue weighted by molar-refractivity contribution is 7.07. The Labute approximate surface area is 98.8 Å². The molecule has 0 radical (unpaired) electrons. The van der Waals surface area contributed by atoms with Crippen LogP contribution in [0.3, 0.4) is 0 Å². The molecule has 0 atom stereocenters. The minimum absolute atomic E-state index is 0.0422. The predicted molar refractivity (Wildman–Crippen MR) is 61.8 cm³/mol. The van der Waals surface area contributed by atoms with Crippen molar-refractivity contribution in [2.24, 2.45) is 0 Å². The molecule has 0 saturated heterocycles. The van der Waals surface area contributed by atoms with Gasteiger partial charge in [-0.1, -0.05) is 18.3 Å². The van der Waals surface area contributed by atoms with E-state index < -0.39 is 16.1 Å². The SMILES string of the molecule is CCCn1c(C(=O)O)c[nH]c2c(=O)c(=O)sc1=2. The third kappa shape index (κ3) is 1.78. The summed E-state index contributed by atoms with van der Waals surface area (Å²) < 4.78 is 1.30. The van der Waals surface area contributed by atoms with E-state index in [-0.39, 0.29) is 11.0 Å². The molecule has 0 aromatic rings. The summed E-state index contributed by atoms with van der Waals surface area (Å²) in [5, 5.41) is 9.21. The van der Waals surface area contributed by atoms with Crippen LogP contribution in [0.5, 0.6) is 0 Å². The standard InChI is InChI=1S/C10H10N2O4S/c1-2-3-12-5(9(14)15)4-11-6-7(13)10(16)17-8(6)12/h4,11H,2-3H2,1H3,(H,14,15). The van der Waals surface area contributed by atoms with Gasteiger partial charge in [-0.15, -0.1) is 0 Å². The maximum Gasteiger partial charge on any atom is 0.354 e. The fourth-order valence-corrected chi connectivity index (χ4v) is 2.58. The van der Waals surface area contributed by atoms with E-state index in [1.165, 1.54) is 10.8 Å². The van der Waals surface area contributed by atoms with Crippen molar-refractivity contribution in [3.05, 3.63) is 41.7 Å². The zero-order valence-electron chi connectivity index (χ0n) is 9.02. The first-order valence-electron chi connectivity index (χ1n) is 5.04. The number of carbonyl (C=O) groups is 1. The molecule has 2 aliphatic heterocycles. The Morgan fingerprint density at radius 2 is 2.24 bits per heavy atom. The summed E-state index contributed by atoms with van der Waals surface area (Å²) in [5.74, 6) is -1.09. The van der Waals surface area contributed by atoms with Crippen molar-refractivity contribution in [1.29, 1.82) is 0 Å². The molecule has 0 aromatic carbocycles. The lowest BCUT2D eigenvalue weighted by Gasteiger charge is -2.08. The molecule has 0 spiro atoms. The molecule has 0 bridgehead atoms. The van der Waals surface area contributed by atoms with E-state index >= 15 is 0 Å². The number of nitrogens with one attached hydrogen (secondary N) is 1. The maximum atomic E-state index is 11.5. The average molecular weight is 254 g/mol. The summed E-state index contributed by atoms with van der Waals surface area (Å²) in [4.78, 5) is 36.4. The molecule has 0 aliphatic carbocycles. The molecule has 0 unspecified atom stereocenters. The van der Waals surface area contributed by atoms with Crippen molar-refractivity contribution < 1.29 is 9.90 Å². The molecular weight excluding hydrogens is 244 g/mol. The summed E-state index contributed by atoms with van der Waals surface area (Å²) in [6, 6.07) is 0. The normalized spacial score (nSPS) is 10.9. The van der Waals surface area contributed by atoms with Gasteiger partial charge in [0.2, 0.25) is 0 Å². The molecule has 0 aromatic heterocycles. The van der Waals surface area contributed by atoms with Gasteiger partial charge in [0.05, 0.1) is 0 Å². The Morgan fingerprint density at radius 3 is 2.82 bits per heavy atom. The van der Waals surface area contributed by atoms with Crippen LogP contribution in [-0.4, -0.2) is 20.6 Å². The highest BCUT2D eigenvalue weighted by Crippen LogP contribution is 2.05. The van der Waals surface area contributed by atoms with Crippen LogP contribution in [-0.2, 0) is 6.54 Å². The van der Waals surface area contributed by atoms with Crippen molar-refractivity contribution in [3.8, 4) is 0 Å². The molecule has 2 N–H and O–H groups in total. The van der Waals surface area contributed by atoms with E-state index in [1.54, 1.807) is 0 Å². The van der Waals surface area contributed by atoms with Gasteiger partial charge in [-0.2, -0.15) is 0 Å². The largest absolute Gasteiger partial charge is 0.477 e. The first kappa shape index (κ1) is 11.6. The Balaban J connectivity index is 2.95. The van der Waals surface area contributed by atoms with Gasteiger partial charge in [0, 0.05) is 12.7 Å². The van der Waals surface area contributed by atoms with Crippen molar-refractivity contribution >= 4 is 17.3 Å². The molecule has 0 amide bonds. The third-order valence-corrected chi connectivity index (χ3v) is 3.36. The predicted octanol–water partition coefficient (Wildman–Crippen LogP) is 0.431. The maximum absolute atomic E-state index is 11.5. The highest BCUT2D eigenvalue weighted by atomic mass is 32.1. The molecule has 2 aliphatic rings. The number of hydrogen-bond acceptors (Lipinski definition) is 4. The van der Waals surface area contributed by atoms with Gasteiger partial charge in [0.25, 0.3) is 10.2 Å². The number of carboxylic acid groups (broad SMARTS) is 1. The van der Waals surface area contributed by atoms with Gasteiger partial charge >= 0.3 is 5.97 Å². The smallest absolute Gasteiger partial charge is 0.354 e.